The molecule has 1 aliphatic rings. The maximum atomic E-state index is 12.2. The zero-order chi connectivity index (χ0) is 14.6. The molecule has 1 aromatic rings. The molecule has 110 valence electrons. The van der Waals surface area contributed by atoms with Crippen molar-refractivity contribution in [2.24, 2.45) is 5.41 Å². The molecule has 0 saturated heterocycles. The molecule has 3 heteroatoms. The number of aryl methyl sites for hydroxylation is 2. The molecule has 1 aliphatic carbocycles. The summed E-state index contributed by atoms with van der Waals surface area (Å²) in [5.74, 6) is 0.0109. The average Bonchev–Trinajstić information content (AvgIpc) is 2.90. The van der Waals surface area contributed by atoms with E-state index in [2.05, 4.69) is 25.2 Å². The summed E-state index contributed by atoms with van der Waals surface area (Å²) in [6, 6.07) is 6.06. The molecule has 0 atom stereocenters. The second-order valence-electron chi connectivity index (χ2n) is 6.51. The number of rotatable bonds is 6. The van der Waals surface area contributed by atoms with Gasteiger partial charge in [-0.15, -0.1) is 0 Å². The SMILES string of the molecule is CC(C)(CCCO)CNC(=O)c1ccc2c(c1)CCC2. The fourth-order valence-corrected chi connectivity index (χ4v) is 2.78. The third kappa shape index (κ3) is 3.83. The van der Waals surface area contributed by atoms with Crippen molar-refractivity contribution in [2.45, 2.75) is 46.0 Å². The van der Waals surface area contributed by atoms with Crippen LogP contribution in [-0.4, -0.2) is 24.2 Å². The molecule has 1 aromatic carbocycles. The monoisotopic (exact) mass is 275 g/mol. The summed E-state index contributed by atoms with van der Waals surface area (Å²) in [5.41, 5.74) is 3.51. The zero-order valence-electron chi connectivity index (χ0n) is 12.5. The predicted molar refractivity (Wildman–Crippen MR) is 80.9 cm³/mol. The minimum Gasteiger partial charge on any atom is -0.396 e. The summed E-state index contributed by atoms with van der Waals surface area (Å²) in [4.78, 5) is 12.2. The van der Waals surface area contributed by atoms with Crippen molar-refractivity contribution >= 4 is 5.91 Å². The number of aliphatic hydroxyl groups is 1. The number of amides is 1. The maximum absolute atomic E-state index is 12.2. The van der Waals surface area contributed by atoms with Crippen LogP contribution in [-0.2, 0) is 12.8 Å². The van der Waals surface area contributed by atoms with E-state index >= 15 is 0 Å². The van der Waals surface area contributed by atoms with Crippen LogP contribution < -0.4 is 5.32 Å². The Morgan fingerprint density at radius 3 is 2.80 bits per heavy atom. The van der Waals surface area contributed by atoms with Gasteiger partial charge in [-0.05, 0) is 60.8 Å². The van der Waals surface area contributed by atoms with Gasteiger partial charge < -0.3 is 10.4 Å². The fourth-order valence-electron chi connectivity index (χ4n) is 2.78. The van der Waals surface area contributed by atoms with Crippen LogP contribution in [0.2, 0.25) is 0 Å². The lowest BCUT2D eigenvalue weighted by atomic mass is 9.88. The summed E-state index contributed by atoms with van der Waals surface area (Å²) in [6.45, 7) is 5.09. The molecule has 0 saturated carbocycles. The van der Waals surface area contributed by atoms with Gasteiger partial charge in [0, 0.05) is 18.7 Å². The largest absolute Gasteiger partial charge is 0.396 e. The molecule has 1 amide bonds. The van der Waals surface area contributed by atoms with E-state index in [0.717, 1.165) is 31.2 Å². The highest BCUT2D eigenvalue weighted by molar-refractivity contribution is 5.94. The molecule has 0 fully saturated rings. The highest BCUT2D eigenvalue weighted by atomic mass is 16.2. The molecule has 0 radical (unpaired) electrons. The van der Waals surface area contributed by atoms with Crippen molar-refractivity contribution in [1.82, 2.24) is 5.32 Å². The number of carbonyl (C=O) groups is 1. The highest BCUT2D eigenvalue weighted by Gasteiger charge is 2.19. The van der Waals surface area contributed by atoms with Crippen LogP contribution in [0.3, 0.4) is 0 Å². The number of fused-ring (bicyclic) bond motifs is 1. The normalized spacial score (nSPS) is 14.2. The van der Waals surface area contributed by atoms with Crippen LogP contribution in [0.15, 0.2) is 18.2 Å². The third-order valence-electron chi connectivity index (χ3n) is 4.10. The molecule has 2 N–H and O–H groups in total. The van der Waals surface area contributed by atoms with E-state index in [-0.39, 0.29) is 17.9 Å². The van der Waals surface area contributed by atoms with Crippen LogP contribution >= 0.6 is 0 Å². The Hall–Kier alpha value is -1.35. The van der Waals surface area contributed by atoms with Gasteiger partial charge in [0.05, 0.1) is 0 Å². The van der Waals surface area contributed by atoms with E-state index < -0.39 is 0 Å². The topological polar surface area (TPSA) is 49.3 Å². The summed E-state index contributed by atoms with van der Waals surface area (Å²) >= 11 is 0. The average molecular weight is 275 g/mol. The molecule has 3 nitrogen and oxygen atoms in total. The Morgan fingerprint density at radius 1 is 1.30 bits per heavy atom. The Bertz CT molecular complexity index is 480. The van der Waals surface area contributed by atoms with Gasteiger partial charge in [0.25, 0.3) is 5.91 Å². The van der Waals surface area contributed by atoms with Crippen molar-refractivity contribution in [3.8, 4) is 0 Å². The summed E-state index contributed by atoms with van der Waals surface area (Å²) in [6.07, 6.45) is 5.13. The van der Waals surface area contributed by atoms with Crippen molar-refractivity contribution in [1.29, 1.82) is 0 Å². The van der Waals surface area contributed by atoms with Gasteiger partial charge in [0.15, 0.2) is 0 Å². The van der Waals surface area contributed by atoms with E-state index in [0.29, 0.717) is 6.54 Å². The van der Waals surface area contributed by atoms with Crippen molar-refractivity contribution in [3.63, 3.8) is 0 Å². The lowest BCUT2D eigenvalue weighted by Gasteiger charge is -2.24. The highest BCUT2D eigenvalue weighted by Crippen LogP contribution is 2.23. The van der Waals surface area contributed by atoms with Crippen molar-refractivity contribution in [3.05, 3.63) is 34.9 Å². The summed E-state index contributed by atoms with van der Waals surface area (Å²) in [7, 11) is 0. The van der Waals surface area contributed by atoms with Gasteiger partial charge in [-0.3, -0.25) is 4.79 Å². The first-order valence-electron chi connectivity index (χ1n) is 7.53. The summed E-state index contributed by atoms with van der Waals surface area (Å²) < 4.78 is 0. The standard InChI is InChI=1S/C17H25NO2/c1-17(2,9-4-10-19)12-18-16(20)15-8-7-13-5-3-6-14(13)11-15/h7-8,11,19H,3-6,9-10,12H2,1-2H3,(H,18,20). The number of carbonyl (C=O) groups excluding carboxylic acids is 1. The predicted octanol–water partition coefficient (Wildman–Crippen LogP) is 2.70. The zero-order valence-corrected chi connectivity index (χ0v) is 12.5. The molecule has 0 spiro atoms. The van der Waals surface area contributed by atoms with E-state index in [4.69, 9.17) is 5.11 Å². The first-order chi connectivity index (χ1) is 9.52. The Balaban J connectivity index is 1.92. The number of aliphatic hydroxyl groups excluding tert-OH is 1. The molecule has 0 aliphatic heterocycles. The molecular formula is C17H25NO2. The van der Waals surface area contributed by atoms with Crippen molar-refractivity contribution in [2.75, 3.05) is 13.2 Å². The molecule has 0 heterocycles. The minimum absolute atomic E-state index is 0.0109. The molecular weight excluding hydrogens is 250 g/mol. The summed E-state index contributed by atoms with van der Waals surface area (Å²) in [5, 5.41) is 11.9. The Labute approximate surface area is 121 Å². The van der Waals surface area contributed by atoms with Crippen molar-refractivity contribution < 1.29 is 9.90 Å². The minimum atomic E-state index is 0.0109. The van der Waals surface area contributed by atoms with Crippen LogP contribution in [0.5, 0.6) is 0 Å². The van der Waals surface area contributed by atoms with E-state index in [1.54, 1.807) is 0 Å². The molecule has 0 unspecified atom stereocenters. The van der Waals surface area contributed by atoms with Gasteiger partial charge in [0.2, 0.25) is 0 Å². The smallest absolute Gasteiger partial charge is 0.251 e. The van der Waals surface area contributed by atoms with Crippen LogP contribution in [0.25, 0.3) is 0 Å². The fraction of sp³-hybridized carbons (Fsp3) is 0.588. The number of hydrogen-bond donors (Lipinski definition) is 2. The number of hydrogen-bond acceptors (Lipinski definition) is 2. The quantitative estimate of drug-likeness (QED) is 0.838. The lowest BCUT2D eigenvalue weighted by molar-refractivity contribution is 0.0933. The van der Waals surface area contributed by atoms with Crippen LogP contribution in [0, 0.1) is 5.41 Å². The number of nitrogens with one attached hydrogen (secondary N) is 1. The lowest BCUT2D eigenvalue weighted by Crippen LogP contribution is -2.34. The second-order valence-corrected chi connectivity index (χ2v) is 6.51. The van der Waals surface area contributed by atoms with E-state index in [1.165, 1.54) is 17.5 Å². The van der Waals surface area contributed by atoms with Crippen LogP contribution in [0.1, 0.15) is 54.6 Å². The van der Waals surface area contributed by atoms with Gasteiger partial charge in [0.1, 0.15) is 0 Å². The Morgan fingerprint density at radius 2 is 2.05 bits per heavy atom. The van der Waals surface area contributed by atoms with Gasteiger partial charge in [-0.1, -0.05) is 19.9 Å². The van der Waals surface area contributed by atoms with Gasteiger partial charge in [-0.25, -0.2) is 0 Å². The number of benzene rings is 1. The van der Waals surface area contributed by atoms with Gasteiger partial charge in [-0.2, -0.15) is 0 Å². The molecule has 0 bridgehead atoms. The van der Waals surface area contributed by atoms with E-state index in [9.17, 15) is 4.79 Å². The Kier molecular flexibility index (Phi) is 4.81. The molecule has 2 rings (SSSR count). The first-order valence-corrected chi connectivity index (χ1v) is 7.53. The van der Waals surface area contributed by atoms with E-state index in [1.807, 2.05) is 12.1 Å². The third-order valence-corrected chi connectivity index (χ3v) is 4.10. The second kappa shape index (κ2) is 6.40. The maximum Gasteiger partial charge on any atom is 0.251 e. The van der Waals surface area contributed by atoms with Gasteiger partial charge >= 0.3 is 0 Å². The first kappa shape index (κ1) is 15.0. The van der Waals surface area contributed by atoms with Crippen LogP contribution in [0.4, 0.5) is 0 Å². The molecule has 20 heavy (non-hydrogen) atoms. The molecule has 0 aromatic heterocycles.